The van der Waals surface area contributed by atoms with Crippen molar-refractivity contribution in [2.75, 3.05) is 5.32 Å². The van der Waals surface area contributed by atoms with Crippen LogP contribution in [0.5, 0.6) is 0 Å². The zero-order valence-electron chi connectivity index (χ0n) is 8.90. The SMILES string of the molecule is CC(=O)Nc1ccc(C(=O)O)cc1C(C)=O. The summed E-state index contributed by atoms with van der Waals surface area (Å²) in [5.41, 5.74) is 0.527. The van der Waals surface area contributed by atoms with Gasteiger partial charge >= 0.3 is 5.97 Å². The molecule has 0 saturated carbocycles. The van der Waals surface area contributed by atoms with Crippen LogP contribution in [0, 0.1) is 0 Å². The van der Waals surface area contributed by atoms with Gasteiger partial charge in [-0.1, -0.05) is 0 Å². The molecule has 0 bridgehead atoms. The molecule has 1 aromatic rings. The van der Waals surface area contributed by atoms with Gasteiger partial charge < -0.3 is 10.4 Å². The summed E-state index contributed by atoms with van der Waals surface area (Å²) in [5, 5.41) is 11.2. The number of carbonyl (C=O) groups excluding carboxylic acids is 2. The molecule has 0 aliphatic carbocycles. The number of benzene rings is 1. The highest BCUT2D eigenvalue weighted by atomic mass is 16.4. The van der Waals surface area contributed by atoms with E-state index in [-0.39, 0.29) is 22.8 Å². The van der Waals surface area contributed by atoms with Crippen molar-refractivity contribution in [1.82, 2.24) is 0 Å². The lowest BCUT2D eigenvalue weighted by Crippen LogP contribution is -2.11. The minimum Gasteiger partial charge on any atom is -0.478 e. The third kappa shape index (κ3) is 2.66. The normalized spacial score (nSPS) is 9.62. The van der Waals surface area contributed by atoms with Crippen molar-refractivity contribution >= 4 is 23.3 Å². The van der Waals surface area contributed by atoms with Crippen molar-refractivity contribution in [2.45, 2.75) is 13.8 Å². The first-order chi connectivity index (χ1) is 7.41. The number of Topliss-reactive ketones (excluding diaryl/α,β-unsaturated/α-hetero) is 1. The van der Waals surface area contributed by atoms with Gasteiger partial charge in [-0.3, -0.25) is 9.59 Å². The summed E-state index contributed by atoms with van der Waals surface area (Å²) in [6, 6.07) is 3.98. The Kier molecular flexibility index (Phi) is 3.40. The lowest BCUT2D eigenvalue weighted by Gasteiger charge is -2.08. The van der Waals surface area contributed by atoms with Gasteiger partial charge in [-0.05, 0) is 25.1 Å². The van der Waals surface area contributed by atoms with Crippen LogP contribution < -0.4 is 5.32 Å². The van der Waals surface area contributed by atoms with Crippen LogP contribution in [-0.4, -0.2) is 22.8 Å². The fourth-order valence-electron chi connectivity index (χ4n) is 1.27. The molecule has 1 amide bonds. The molecule has 1 rings (SSSR count). The summed E-state index contributed by atoms with van der Waals surface area (Å²) in [4.78, 5) is 32.9. The first kappa shape index (κ1) is 11.9. The minimum absolute atomic E-state index is 0.0132. The van der Waals surface area contributed by atoms with Crippen LogP contribution in [0.1, 0.15) is 34.6 Å². The first-order valence-electron chi connectivity index (χ1n) is 4.57. The van der Waals surface area contributed by atoms with E-state index in [9.17, 15) is 14.4 Å². The number of carboxylic acid groups (broad SMARTS) is 1. The molecule has 0 spiro atoms. The molecule has 1 aromatic carbocycles. The zero-order valence-corrected chi connectivity index (χ0v) is 8.90. The van der Waals surface area contributed by atoms with Gasteiger partial charge in [0.25, 0.3) is 0 Å². The van der Waals surface area contributed by atoms with Crippen LogP contribution in [-0.2, 0) is 4.79 Å². The number of hydrogen-bond acceptors (Lipinski definition) is 3. The number of anilines is 1. The molecule has 5 heteroatoms. The second-order valence-electron chi connectivity index (χ2n) is 3.30. The van der Waals surface area contributed by atoms with Gasteiger partial charge in [0, 0.05) is 12.5 Å². The van der Waals surface area contributed by atoms with E-state index >= 15 is 0 Å². The van der Waals surface area contributed by atoms with Crippen molar-refractivity contribution in [3.05, 3.63) is 29.3 Å². The number of rotatable bonds is 3. The molecule has 0 saturated heterocycles. The number of ketones is 1. The molecule has 0 unspecified atom stereocenters. The van der Waals surface area contributed by atoms with E-state index in [2.05, 4.69) is 5.32 Å². The van der Waals surface area contributed by atoms with Crippen LogP contribution in [0.15, 0.2) is 18.2 Å². The number of carbonyl (C=O) groups is 3. The molecule has 16 heavy (non-hydrogen) atoms. The largest absolute Gasteiger partial charge is 0.478 e. The summed E-state index contributed by atoms with van der Waals surface area (Å²) in [7, 11) is 0. The van der Waals surface area contributed by atoms with Crippen molar-refractivity contribution in [3.63, 3.8) is 0 Å². The van der Waals surface area contributed by atoms with E-state index in [1.807, 2.05) is 0 Å². The number of hydrogen-bond donors (Lipinski definition) is 2. The average Bonchev–Trinajstić information content (AvgIpc) is 2.16. The number of amides is 1. The summed E-state index contributed by atoms with van der Waals surface area (Å²) in [5.74, 6) is -1.73. The van der Waals surface area contributed by atoms with Gasteiger partial charge in [0.1, 0.15) is 0 Å². The van der Waals surface area contributed by atoms with Crippen molar-refractivity contribution in [1.29, 1.82) is 0 Å². The quantitative estimate of drug-likeness (QED) is 0.758. The summed E-state index contributed by atoms with van der Waals surface area (Å²) in [6.07, 6.45) is 0. The lowest BCUT2D eigenvalue weighted by atomic mass is 10.1. The molecule has 0 fully saturated rings. The van der Waals surface area contributed by atoms with Crippen molar-refractivity contribution < 1.29 is 19.5 Å². The van der Waals surface area contributed by atoms with Crippen LogP contribution in [0.25, 0.3) is 0 Å². The molecule has 2 N–H and O–H groups in total. The van der Waals surface area contributed by atoms with E-state index in [1.54, 1.807) is 0 Å². The third-order valence-corrected chi connectivity index (χ3v) is 1.96. The maximum Gasteiger partial charge on any atom is 0.335 e. The van der Waals surface area contributed by atoms with E-state index in [4.69, 9.17) is 5.11 Å². The molecule has 0 aliphatic heterocycles. The second-order valence-corrected chi connectivity index (χ2v) is 3.30. The second kappa shape index (κ2) is 4.57. The van der Waals surface area contributed by atoms with Crippen molar-refractivity contribution in [3.8, 4) is 0 Å². The van der Waals surface area contributed by atoms with Gasteiger partial charge in [0.05, 0.1) is 11.3 Å². The van der Waals surface area contributed by atoms with Crippen molar-refractivity contribution in [2.24, 2.45) is 0 Å². The van der Waals surface area contributed by atoms with Crippen LogP contribution >= 0.6 is 0 Å². The zero-order chi connectivity index (χ0) is 12.3. The third-order valence-electron chi connectivity index (χ3n) is 1.96. The van der Waals surface area contributed by atoms with Crippen LogP contribution in [0.4, 0.5) is 5.69 Å². The highest BCUT2D eigenvalue weighted by Gasteiger charge is 2.12. The lowest BCUT2D eigenvalue weighted by molar-refractivity contribution is -0.114. The maximum atomic E-state index is 11.3. The Bertz CT molecular complexity index is 465. The summed E-state index contributed by atoms with van der Waals surface area (Å²) in [6.45, 7) is 2.63. The smallest absolute Gasteiger partial charge is 0.335 e. The predicted octanol–water partition coefficient (Wildman–Crippen LogP) is 1.55. The van der Waals surface area contributed by atoms with Crippen LogP contribution in [0.3, 0.4) is 0 Å². The molecular weight excluding hydrogens is 210 g/mol. The summed E-state index contributed by atoms with van der Waals surface area (Å²) >= 11 is 0. The maximum absolute atomic E-state index is 11.3. The van der Waals surface area contributed by atoms with E-state index in [1.165, 1.54) is 32.0 Å². The topological polar surface area (TPSA) is 83.5 Å². The predicted molar refractivity (Wildman–Crippen MR) is 57.7 cm³/mol. The molecule has 0 radical (unpaired) electrons. The Labute approximate surface area is 92.1 Å². The van der Waals surface area contributed by atoms with Crippen LogP contribution in [0.2, 0.25) is 0 Å². The first-order valence-corrected chi connectivity index (χ1v) is 4.57. The Morgan fingerprint density at radius 1 is 1.19 bits per heavy atom. The van der Waals surface area contributed by atoms with E-state index < -0.39 is 5.97 Å². The Morgan fingerprint density at radius 2 is 1.81 bits per heavy atom. The van der Waals surface area contributed by atoms with Gasteiger partial charge in [-0.25, -0.2) is 4.79 Å². The number of carboxylic acids is 1. The standard InChI is InChI=1S/C11H11NO4/c1-6(13)9-5-8(11(15)16)3-4-10(9)12-7(2)14/h3-5H,1-2H3,(H,12,14)(H,15,16). The summed E-state index contributed by atoms with van der Waals surface area (Å²) < 4.78 is 0. The number of aromatic carboxylic acids is 1. The molecule has 5 nitrogen and oxygen atoms in total. The Hall–Kier alpha value is -2.17. The Balaban J connectivity index is 3.24. The minimum atomic E-state index is -1.11. The monoisotopic (exact) mass is 221 g/mol. The highest BCUT2D eigenvalue weighted by molar-refractivity contribution is 6.05. The van der Waals surface area contributed by atoms with Gasteiger partial charge in [0.15, 0.2) is 5.78 Å². The molecular formula is C11H11NO4. The molecule has 84 valence electrons. The molecule has 0 atom stereocenters. The molecule has 0 aliphatic rings. The van der Waals surface area contributed by atoms with Gasteiger partial charge in [0.2, 0.25) is 5.91 Å². The van der Waals surface area contributed by atoms with E-state index in [0.717, 1.165) is 0 Å². The van der Waals surface area contributed by atoms with Gasteiger partial charge in [-0.2, -0.15) is 0 Å². The molecule has 0 aromatic heterocycles. The highest BCUT2D eigenvalue weighted by Crippen LogP contribution is 2.18. The van der Waals surface area contributed by atoms with Gasteiger partial charge in [-0.15, -0.1) is 0 Å². The Morgan fingerprint density at radius 3 is 2.25 bits per heavy atom. The van der Waals surface area contributed by atoms with E-state index in [0.29, 0.717) is 5.69 Å². The fourth-order valence-corrected chi connectivity index (χ4v) is 1.27. The number of nitrogens with one attached hydrogen (secondary N) is 1. The molecule has 0 heterocycles. The fraction of sp³-hybridized carbons (Fsp3) is 0.182. The average molecular weight is 221 g/mol.